The van der Waals surface area contributed by atoms with E-state index in [4.69, 9.17) is 4.74 Å². The van der Waals surface area contributed by atoms with Gasteiger partial charge in [0.25, 0.3) is 0 Å². The summed E-state index contributed by atoms with van der Waals surface area (Å²) in [6, 6.07) is 2.04. The molecule has 2 rings (SSSR count). The standard InChI is InChI=1S/C16H21BrO2/c1-6-9-7-10-11(14(9)18)8-12(16(2,3)4)15(19-5)13(10)17/h8-9H,6-7H2,1-5H3. The zero-order valence-electron chi connectivity index (χ0n) is 12.3. The molecular weight excluding hydrogens is 304 g/mol. The minimum absolute atomic E-state index is 0.0481. The van der Waals surface area contributed by atoms with Crippen molar-refractivity contribution in [2.45, 2.75) is 46.0 Å². The van der Waals surface area contributed by atoms with Gasteiger partial charge in [-0.2, -0.15) is 0 Å². The third-order valence-electron chi connectivity index (χ3n) is 3.91. The maximum absolute atomic E-state index is 12.4. The molecule has 104 valence electrons. The van der Waals surface area contributed by atoms with Crippen molar-refractivity contribution in [3.63, 3.8) is 0 Å². The highest BCUT2D eigenvalue weighted by molar-refractivity contribution is 9.10. The first-order valence-electron chi connectivity index (χ1n) is 6.75. The molecule has 1 unspecified atom stereocenters. The number of rotatable bonds is 2. The van der Waals surface area contributed by atoms with Gasteiger partial charge in [0, 0.05) is 17.0 Å². The highest BCUT2D eigenvalue weighted by Crippen LogP contribution is 2.44. The van der Waals surface area contributed by atoms with Crippen LogP contribution in [0.3, 0.4) is 0 Å². The van der Waals surface area contributed by atoms with Gasteiger partial charge >= 0.3 is 0 Å². The van der Waals surface area contributed by atoms with Gasteiger partial charge in [-0.3, -0.25) is 4.79 Å². The van der Waals surface area contributed by atoms with Crippen LogP contribution in [0.25, 0.3) is 0 Å². The van der Waals surface area contributed by atoms with Gasteiger partial charge in [-0.15, -0.1) is 0 Å². The van der Waals surface area contributed by atoms with E-state index in [1.54, 1.807) is 7.11 Å². The average Bonchev–Trinajstić information content (AvgIpc) is 2.65. The van der Waals surface area contributed by atoms with Crippen molar-refractivity contribution in [3.05, 3.63) is 27.2 Å². The number of carbonyl (C=O) groups excluding carboxylic acids is 1. The normalized spacial score (nSPS) is 18.6. The molecule has 0 saturated heterocycles. The van der Waals surface area contributed by atoms with Crippen molar-refractivity contribution in [3.8, 4) is 5.75 Å². The highest BCUT2D eigenvalue weighted by Gasteiger charge is 2.34. The van der Waals surface area contributed by atoms with Gasteiger partial charge in [0.15, 0.2) is 5.78 Å². The van der Waals surface area contributed by atoms with Crippen molar-refractivity contribution >= 4 is 21.7 Å². The lowest BCUT2D eigenvalue weighted by Crippen LogP contribution is -2.15. The average molecular weight is 325 g/mol. The number of benzene rings is 1. The first-order chi connectivity index (χ1) is 8.81. The summed E-state index contributed by atoms with van der Waals surface area (Å²) < 4.78 is 6.53. The second-order valence-corrected chi connectivity index (χ2v) is 7.01. The quantitative estimate of drug-likeness (QED) is 0.799. The molecule has 3 heteroatoms. The highest BCUT2D eigenvalue weighted by atomic mass is 79.9. The van der Waals surface area contributed by atoms with Crippen molar-refractivity contribution in [1.29, 1.82) is 0 Å². The van der Waals surface area contributed by atoms with Gasteiger partial charge in [0.1, 0.15) is 5.75 Å². The van der Waals surface area contributed by atoms with Gasteiger partial charge in [0.05, 0.1) is 11.6 Å². The van der Waals surface area contributed by atoms with E-state index in [0.717, 1.165) is 39.8 Å². The number of carbonyl (C=O) groups is 1. The van der Waals surface area contributed by atoms with Crippen LogP contribution in [-0.4, -0.2) is 12.9 Å². The Morgan fingerprint density at radius 2 is 2.05 bits per heavy atom. The van der Waals surface area contributed by atoms with E-state index in [2.05, 4.69) is 43.6 Å². The number of methoxy groups -OCH3 is 1. The van der Waals surface area contributed by atoms with E-state index < -0.39 is 0 Å². The van der Waals surface area contributed by atoms with E-state index in [1.165, 1.54) is 0 Å². The zero-order valence-corrected chi connectivity index (χ0v) is 13.8. The number of hydrogen-bond acceptors (Lipinski definition) is 2. The van der Waals surface area contributed by atoms with Crippen LogP contribution in [0.2, 0.25) is 0 Å². The Bertz CT molecular complexity index is 527. The molecule has 1 atom stereocenters. The minimum atomic E-state index is -0.0481. The topological polar surface area (TPSA) is 26.3 Å². The number of ether oxygens (including phenoxy) is 1. The molecule has 0 aliphatic heterocycles. The molecule has 0 N–H and O–H groups in total. The lowest BCUT2D eigenvalue weighted by Gasteiger charge is -2.24. The molecule has 1 aromatic carbocycles. The molecule has 0 fully saturated rings. The fraction of sp³-hybridized carbons (Fsp3) is 0.562. The summed E-state index contributed by atoms with van der Waals surface area (Å²) in [5.74, 6) is 1.29. The molecule has 0 heterocycles. The smallest absolute Gasteiger partial charge is 0.166 e. The summed E-state index contributed by atoms with van der Waals surface area (Å²) in [5, 5.41) is 0. The summed E-state index contributed by atoms with van der Waals surface area (Å²) in [7, 11) is 1.69. The minimum Gasteiger partial charge on any atom is -0.495 e. The Morgan fingerprint density at radius 1 is 1.42 bits per heavy atom. The van der Waals surface area contributed by atoms with Crippen LogP contribution in [0, 0.1) is 5.92 Å². The van der Waals surface area contributed by atoms with Crippen LogP contribution in [0.1, 0.15) is 55.6 Å². The first-order valence-corrected chi connectivity index (χ1v) is 7.54. The molecule has 0 bridgehead atoms. The Morgan fingerprint density at radius 3 is 2.53 bits per heavy atom. The first kappa shape index (κ1) is 14.6. The third kappa shape index (κ3) is 2.33. The van der Waals surface area contributed by atoms with Gasteiger partial charge in [-0.05, 0) is 45.8 Å². The van der Waals surface area contributed by atoms with E-state index in [1.807, 2.05) is 6.07 Å². The molecule has 1 aliphatic rings. The van der Waals surface area contributed by atoms with E-state index in [0.29, 0.717) is 0 Å². The molecule has 1 aliphatic carbocycles. The Kier molecular flexibility index (Phi) is 3.78. The summed E-state index contributed by atoms with van der Waals surface area (Å²) in [6.45, 7) is 8.49. The van der Waals surface area contributed by atoms with Crippen LogP contribution in [-0.2, 0) is 11.8 Å². The van der Waals surface area contributed by atoms with Crippen LogP contribution >= 0.6 is 15.9 Å². The van der Waals surface area contributed by atoms with Crippen LogP contribution in [0.4, 0.5) is 0 Å². The maximum atomic E-state index is 12.4. The second-order valence-electron chi connectivity index (χ2n) is 6.22. The zero-order chi connectivity index (χ0) is 14.4. The summed E-state index contributed by atoms with van der Waals surface area (Å²) in [4.78, 5) is 12.4. The predicted octanol–water partition coefficient (Wildman–Crippen LogP) is 4.52. The number of fused-ring (bicyclic) bond motifs is 1. The summed E-state index contributed by atoms with van der Waals surface area (Å²) in [6.07, 6.45) is 1.72. The number of halogens is 1. The molecule has 2 nitrogen and oxygen atoms in total. The van der Waals surface area contributed by atoms with Crippen LogP contribution < -0.4 is 4.74 Å². The van der Waals surface area contributed by atoms with E-state index in [-0.39, 0.29) is 17.1 Å². The Balaban J connectivity index is 2.67. The lowest BCUT2D eigenvalue weighted by molar-refractivity contribution is 0.0934. The molecule has 0 saturated carbocycles. The van der Waals surface area contributed by atoms with Crippen molar-refractivity contribution in [2.75, 3.05) is 7.11 Å². The van der Waals surface area contributed by atoms with Gasteiger partial charge in [-0.25, -0.2) is 0 Å². The third-order valence-corrected chi connectivity index (χ3v) is 4.75. The molecule has 0 radical (unpaired) electrons. The summed E-state index contributed by atoms with van der Waals surface area (Å²) in [5.41, 5.74) is 3.03. The van der Waals surface area contributed by atoms with E-state index in [9.17, 15) is 4.79 Å². The molecule has 0 aromatic heterocycles. The fourth-order valence-electron chi connectivity index (χ4n) is 2.74. The van der Waals surface area contributed by atoms with Gasteiger partial charge < -0.3 is 4.74 Å². The molecule has 19 heavy (non-hydrogen) atoms. The molecular formula is C16H21BrO2. The van der Waals surface area contributed by atoms with Crippen LogP contribution in [0.5, 0.6) is 5.75 Å². The van der Waals surface area contributed by atoms with Crippen molar-refractivity contribution in [2.24, 2.45) is 5.92 Å². The van der Waals surface area contributed by atoms with Gasteiger partial charge in [-0.1, -0.05) is 27.7 Å². The molecule has 0 amide bonds. The lowest BCUT2D eigenvalue weighted by atomic mass is 9.84. The monoisotopic (exact) mass is 324 g/mol. The molecule has 0 spiro atoms. The van der Waals surface area contributed by atoms with Crippen molar-refractivity contribution in [1.82, 2.24) is 0 Å². The second kappa shape index (κ2) is 4.93. The summed E-state index contributed by atoms with van der Waals surface area (Å²) >= 11 is 3.64. The number of hydrogen-bond donors (Lipinski definition) is 0. The SMILES string of the molecule is CCC1Cc2c(cc(C(C)(C)C)c(OC)c2Br)C1=O. The molecule has 1 aromatic rings. The maximum Gasteiger partial charge on any atom is 0.166 e. The van der Waals surface area contributed by atoms with Crippen molar-refractivity contribution < 1.29 is 9.53 Å². The Hall–Kier alpha value is -0.830. The Labute approximate surface area is 123 Å². The number of Topliss-reactive ketones (excluding diaryl/α,β-unsaturated/α-hetero) is 1. The number of ketones is 1. The van der Waals surface area contributed by atoms with E-state index >= 15 is 0 Å². The largest absolute Gasteiger partial charge is 0.495 e. The fourth-order valence-corrected chi connectivity index (χ4v) is 3.49. The van der Waals surface area contributed by atoms with Gasteiger partial charge in [0.2, 0.25) is 0 Å². The predicted molar refractivity (Wildman–Crippen MR) is 81.2 cm³/mol. The van der Waals surface area contributed by atoms with Crippen LogP contribution in [0.15, 0.2) is 10.5 Å².